The van der Waals surface area contributed by atoms with Crippen molar-refractivity contribution in [2.75, 3.05) is 31.1 Å². The van der Waals surface area contributed by atoms with Gasteiger partial charge in [0.1, 0.15) is 0 Å². The van der Waals surface area contributed by atoms with Gasteiger partial charge in [0.2, 0.25) is 5.95 Å². The van der Waals surface area contributed by atoms with Crippen molar-refractivity contribution in [1.82, 2.24) is 15.3 Å². The Morgan fingerprint density at radius 1 is 1.41 bits per heavy atom. The summed E-state index contributed by atoms with van der Waals surface area (Å²) in [5, 5.41) is 3.51. The number of rotatable bonds is 5. The van der Waals surface area contributed by atoms with Crippen molar-refractivity contribution in [3.63, 3.8) is 0 Å². The molecule has 1 aromatic rings. The van der Waals surface area contributed by atoms with E-state index in [1.807, 2.05) is 18.5 Å². The van der Waals surface area contributed by atoms with E-state index in [4.69, 9.17) is 0 Å². The van der Waals surface area contributed by atoms with Crippen LogP contribution in [0.4, 0.5) is 5.95 Å². The summed E-state index contributed by atoms with van der Waals surface area (Å²) in [6.45, 7) is 6.63. The third kappa shape index (κ3) is 3.66. The Morgan fingerprint density at radius 2 is 2.24 bits per heavy atom. The fourth-order valence-electron chi connectivity index (χ4n) is 2.35. The summed E-state index contributed by atoms with van der Waals surface area (Å²) < 4.78 is 0. The van der Waals surface area contributed by atoms with E-state index in [9.17, 15) is 0 Å². The van der Waals surface area contributed by atoms with Gasteiger partial charge in [0.15, 0.2) is 0 Å². The molecule has 0 amide bonds. The van der Waals surface area contributed by atoms with Crippen molar-refractivity contribution in [1.29, 1.82) is 0 Å². The second-order valence-electron chi connectivity index (χ2n) is 4.71. The lowest BCUT2D eigenvalue weighted by atomic mass is 9.98. The molecular weight excluding hydrogens is 212 g/mol. The lowest BCUT2D eigenvalue weighted by Gasteiger charge is -2.32. The van der Waals surface area contributed by atoms with Crippen LogP contribution in [-0.2, 0) is 0 Å². The Labute approximate surface area is 103 Å². The largest absolute Gasteiger partial charge is 0.341 e. The molecule has 0 aliphatic carbocycles. The maximum absolute atomic E-state index is 4.33. The van der Waals surface area contributed by atoms with Crippen LogP contribution < -0.4 is 10.2 Å². The number of piperidine rings is 1. The first-order chi connectivity index (χ1) is 8.40. The van der Waals surface area contributed by atoms with Crippen LogP contribution in [0.1, 0.15) is 26.2 Å². The first-order valence-corrected chi connectivity index (χ1v) is 6.63. The number of aromatic nitrogens is 2. The van der Waals surface area contributed by atoms with Crippen LogP contribution in [0, 0.1) is 5.92 Å². The molecule has 1 aliphatic heterocycles. The van der Waals surface area contributed by atoms with Gasteiger partial charge in [0.05, 0.1) is 0 Å². The fraction of sp³-hybridized carbons (Fsp3) is 0.692. The summed E-state index contributed by atoms with van der Waals surface area (Å²) >= 11 is 0. The van der Waals surface area contributed by atoms with Gasteiger partial charge in [-0.3, -0.25) is 0 Å². The summed E-state index contributed by atoms with van der Waals surface area (Å²) in [4.78, 5) is 11.0. The van der Waals surface area contributed by atoms with Gasteiger partial charge < -0.3 is 10.2 Å². The maximum atomic E-state index is 4.33. The summed E-state index contributed by atoms with van der Waals surface area (Å²) in [5.74, 6) is 1.62. The smallest absolute Gasteiger partial charge is 0.225 e. The molecule has 1 fully saturated rings. The molecule has 1 saturated heterocycles. The maximum Gasteiger partial charge on any atom is 0.225 e. The van der Waals surface area contributed by atoms with Crippen molar-refractivity contribution in [2.45, 2.75) is 26.2 Å². The standard InChI is InChI=1S/C13H22N4/c1-2-6-14-10-12-5-3-9-17(11-12)13-15-7-4-8-16-13/h4,7-8,12,14H,2-3,5-6,9-11H2,1H3. The zero-order valence-corrected chi connectivity index (χ0v) is 10.6. The number of nitrogens with zero attached hydrogens (tertiary/aromatic N) is 3. The van der Waals surface area contributed by atoms with Crippen molar-refractivity contribution < 1.29 is 0 Å². The topological polar surface area (TPSA) is 41.0 Å². The van der Waals surface area contributed by atoms with Gasteiger partial charge in [-0.25, -0.2) is 9.97 Å². The highest BCUT2D eigenvalue weighted by atomic mass is 15.2. The van der Waals surface area contributed by atoms with Gasteiger partial charge in [-0.15, -0.1) is 0 Å². The Kier molecular flexibility index (Phi) is 4.74. The predicted molar refractivity (Wildman–Crippen MR) is 70.1 cm³/mol. The molecule has 1 aromatic heterocycles. The van der Waals surface area contributed by atoms with E-state index < -0.39 is 0 Å². The molecule has 17 heavy (non-hydrogen) atoms. The van der Waals surface area contributed by atoms with E-state index in [1.54, 1.807) is 0 Å². The minimum atomic E-state index is 0.735. The SMILES string of the molecule is CCCNCC1CCCN(c2ncccn2)C1. The monoisotopic (exact) mass is 234 g/mol. The highest BCUT2D eigenvalue weighted by molar-refractivity contribution is 5.29. The van der Waals surface area contributed by atoms with Gasteiger partial charge in [0, 0.05) is 25.5 Å². The molecule has 2 heterocycles. The number of nitrogens with one attached hydrogen (secondary N) is 1. The molecule has 1 unspecified atom stereocenters. The normalized spacial score (nSPS) is 20.5. The third-order valence-electron chi connectivity index (χ3n) is 3.21. The van der Waals surface area contributed by atoms with Crippen LogP contribution in [0.5, 0.6) is 0 Å². The van der Waals surface area contributed by atoms with Gasteiger partial charge >= 0.3 is 0 Å². The van der Waals surface area contributed by atoms with E-state index in [1.165, 1.54) is 19.3 Å². The molecule has 1 N–H and O–H groups in total. The predicted octanol–water partition coefficient (Wildman–Crippen LogP) is 1.69. The third-order valence-corrected chi connectivity index (χ3v) is 3.21. The van der Waals surface area contributed by atoms with Crippen molar-refractivity contribution >= 4 is 5.95 Å². The van der Waals surface area contributed by atoms with Gasteiger partial charge in [-0.2, -0.15) is 0 Å². The zero-order valence-electron chi connectivity index (χ0n) is 10.6. The Bertz CT molecular complexity index is 314. The fourth-order valence-corrected chi connectivity index (χ4v) is 2.35. The van der Waals surface area contributed by atoms with E-state index in [-0.39, 0.29) is 0 Å². The molecule has 0 saturated carbocycles. The zero-order chi connectivity index (χ0) is 11.9. The number of anilines is 1. The van der Waals surface area contributed by atoms with Crippen LogP contribution in [-0.4, -0.2) is 36.1 Å². The molecule has 1 aliphatic rings. The molecule has 0 spiro atoms. The Hall–Kier alpha value is -1.16. The first-order valence-electron chi connectivity index (χ1n) is 6.63. The van der Waals surface area contributed by atoms with Crippen molar-refractivity contribution in [3.05, 3.63) is 18.5 Å². The minimum absolute atomic E-state index is 0.735. The lowest BCUT2D eigenvalue weighted by molar-refractivity contribution is 0.389. The van der Waals surface area contributed by atoms with Gasteiger partial charge in [-0.05, 0) is 44.3 Å². The molecule has 0 radical (unpaired) electrons. The Morgan fingerprint density at radius 3 is 3.00 bits per heavy atom. The molecule has 0 aromatic carbocycles. The van der Waals surface area contributed by atoms with E-state index in [0.29, 0.717) is 0 Å². The van der Waals surface area contributed by atoms with Crippen molar-refractivity contribution in [3.8, 4) is 0 Å². The van der Waals surface area contributed by atoms with Crippen LogP contribution in [0.2, 0.25) is 0 Å². The Balaban J connectivity index is 1.84. The number of hydrogen-bond donors (Lipinski definition) is 1. The highest BCUT2D eigenvalue weighted by Gasteiger charge is 2.20. The molecule has 94 valence electrons. The van der Waals surface area contributed by atoms with Gasteiger partial charge in [-0.1, -0.05) is 6.92 Å². The number of hydrogen-bond acceptors (Lipinski definition) is 4. The van der Waals surface area contributed by atoms with E-state index >= 15 is 0 Å². The van der Waals surface area contributed by atoms with Crippen LogP contribution in [0.15, 0.2) is 18.5 Å². The molecule has 4 heteroatoms. The molecule has 1 atom stereocenters. The second-order valence-corrected chi connectivity index (χ2v) is 4.71. The summed E-state index contributed by atoms with van der Waals surface area (Å²) in [6.07, 6.45) is 7.41. The van der Waals surface area contributed by atoms with Crippen molar-refractivity contribution in [2.24, 2.45) is 5.92 Å². The second kappa shape index (κ2) is 6.55. The molecule has 2 rings (SSSR count). The quantitative estimate of drug-likeness (QED) is 0.787. The molecular formula is C13H22N4. The van der Waals surface area contributed by atoms with E-state index in [0.717, 1.165) is 38.0 Å². The van der Waals surface area contributed by atoms with Crippen LogP contribution >= 0.6 is 0 Å². The summed E-state index contributed by atoms with van der Waals surface area (Å²) in [6, 6.07) is 1.87. The first kappa shape index (κ1) is 12.3. The van der Waals surface area contributed by atoms with Gasteiger partial charge in [0.25, 0.3) is 0 Å². The lowest BCUT2D eigenvalue weighted by Crippen LogP contribution is -2.40. The van der Waals surface area contributed by atoms with E-state index in [2.05, 4.69) is 27.1 Å². The molecule has 4 nitrogen and oxygen atoms in total. The summed E-state index contributed by atoms with van der Waals surface area (Å²) in [7, 11) is 0. The minimum Gasteiger partial charge on any atom is -0.341 e. The average Bonchev–Trinajstić information content (AvgIpc) is 2.41. The summed E-state index contributed by atoms with van der Waals surface area (Å²) in [5.41, 5.74) is 0. The van der Waals surface area contributed by atoms with Crippen LogP contribution in [0.3, 0.4) is 0 Å². The average molecular weight is 234 g/mol. The van der Waals surface area contributed by atoms with Crippen LogP contribution in [0.25, 0.3) is 0 Å². The highest BCUT2D eigenvalue weighted by Crippen LogP contribution is 2.19. The molecule has 0 bridgehead atoms.